The number of hydrogen-bond acceptors (Lipinski definition) is 2. The molecule has 1 aromatic carbocycles. The number of aryl methyl sites for hydroxylation is 1. The highest BCUT2D eigenvalue weighted by molar-refractivity contribution is 5.94. The van der Waals surface area contributed by atoms with Crippen molar-refractivity contribution in [2.45, 2.75) is 26.4 Å². The van der Waals surface area contributed by atoms with E-state index in [2.05, 4.69) is 5.32 Å². The van der Waals surface area contributed by atoms with Crippen LogP contribution in [0.2, 0.25) is 0 Å². The van der Waals surface area contributed by atoms with Gasteiger partial charge in [0, 0.05) is 5.69 Å². The van der Waals surface area contributed by atoms with Gasteiger partial charge in [-0.1, -0.05) is 13.0 Å². The summed E-state index contributed by atoms with van der Waals surface area (Å²) in [4.78, 5) is 11.6. The van der Waals surface area contributed by atoms with Gasteiger partial charge in [0.2, 0.25) is 5.91 Å². The van der Waals surface area contributed by atoms with Crippen LogP contribution in [0.3, 0.4) is 0 Å². The van der Waals surface area contributed by atoms with Crippen LogP contribution in [0.25, 0.3) is 0 Å². The third kappa shape index (κ3) is 3.71. The highest BCUT2D eigenvalue weighted by atomic mass is 19.4. The summed E-state index contributed by atoms with van der Waals surface area (Å²) in [5.41, 5.74) is -0.676. The molecule has 0 fully saturated rings. The minimum atomic E-state index is -4.47. The van der Waals surface area contributed by atoms with E-state index in [0.29, 0.717) is 6.42 Å². The predicted octanol–water partition coefficient (Wildman–Crippen LogP) is 3.50. The fourth-order valence-corrected chi connectivity index (χ4v) is 1.57. The van der Waals surface area contributed by atoms with Crippen LogP contribution in [0, 0.1) is 24.2 Å². The third-order valence-electron chi connectivity index (χ3n) is 2.69. The fourth-order valence-electron chi connectivity index (χ4n) is 1.57. The largest absolute Gasteiger partial charge is 0.416 e. The summed E-state index contributed by atoms with van der Waals surface area (Å²) in [6, 6.07) is 5.33. The van der Waals surface area contributed by atoms with Crippen molar-refractivity contribution in [3.63, 3.8) is 0 Å². The van der Waals surface area contributed by atoms with Gasteiger partial charge in [-0.25, -0.2) is 0 Å². The molecule has 1 aromatic rings. The Balaban J connectivity index is 2.99. The number of amides is 1. The molecule has 0 radical (unpaired) electrons. The van der Waals surface area contributed by atoms with E-state index in [1.807, 2.05) is 0 Å². The van der Waals surface area contributed by atoms with E-state index in [1.165, 1.54) is 19.1 Å². The van der Waals surface area contributed by atoms with Crippen LogP contribution in [0.1, 0.15) is 24.5 Å². The van der Waals surface area contributed by atoms with Crippen molar-refractivity contribution < 1.29 is 18.0 Å². The molecule has 0 aliphatic rings. The number of benzene rings is 1. The molecule has 1 amide bonds. The zero-order valence-corrected chi connectivity index (χ0v) is 10.5. The number of halogens is 3. The standard InChI is InChI=1S/C13H13F3N2O/c1-3-9(7-17)12(19)18-10-5-4-8(2)11(6-10)13(14,15)16/h4-6,9H,3H2,1-2H3,(H,18,19). The van der Waals surface area contributed by atoms with Gasteiger partial charge in [-0.2, -0.15) is 18.4 Å². The van der Waals surface area contributed by atoms with Crippen molar-refractivity contribution in [2.75, 3.05) is 5.32 Å². The second-order valence-electron chi connectivity index (χ2n) is 4.11. The van der Waals surface area contributed by atoms with Gasteiger partial charge in [-0.15, -0.1) is 0 Å². The summed E-state index contributed by atoms with van der Waals surface area (Å²) in [6.45, 7) is 3.00. The van der Waals surface area contributed by atoms with Crippen molar-refractivity contribution >= 4 is 11.6 Å². The molecule has 3 nitrogen and oxygen atoms in total. The second kappa shape index (κ2) is 5.74. The van der Waals surface area contributed by atoms with Crippen molar-refractivity contribution in [1.82, 2.24) is 0 Å². The Kier molecular flexibility index (Phi) is 4.54. The maximum absolute atomic E-state index is 12.7. The quantitative estimate of drug-likeness (QED) is 0.913. The molecule has 1 unspecified atom stereocenters. The average Bonchev–Trinajstić information content (AvgIpc) is 2.31. The molecular weight excluding hydrogens is 257 g/mol. The van der Waals surface area contributed by atoms with E-state index in [4.69, 9.17) is 5.26 Å². The first kappa shape index (κ1) is 15.0. The molecule has 0 heterocycles. The molecule has 0 spiro atoms. The third-order valence-corrected chi connectivity index (χ3v) is 2.69. The monoisotopic (exact) mass is 270 g/mol. The molecular formula is C13H13F3N2O. The van der Waals surface area contributed by atoms with E-state index >= 15 is 0 Å². The highest BCUT2D eigenvalue weighted by Gasteiger charge is 2.32. The molecule has 1 N–H and O–H groups in total. The van der Waals surface area contributed by atoms with Crippen LogP contribution in [0.4, 0.5) is 18.9 Å². The molecule has 0 aliphatic carbocycles. The summed E-state index contributed by atoms with van der Waals surface area (Å²) in [7, 11) is 0. The van der Waals surface area contributed by atoms with Crippen LogP contribution in [-0.2, 0) is 11.0 Å². The summed E-state index contributed by atoms with van der Waals surface area (Å²) >= 11 is 0. The van der Waals surface area contributed by atoms with Gasteiger partial charge in [-0.3, -0.25) is 4.79 Å². The SMILES string of the molecule is CCC(C#N)C(=O)Nc1ccc(C)c(C(F)(F)F)c1. The maximum Gasteiger partial charge on any atom is 0.416 e. The molecule has 0 aliphatic heterocycles. The molecule has 102 valence electrons. The van der Waals surface area contributed by atoms with Gasteiger partial charge in [0.1, 0.15) is 5.92 Å². The lowest BCUT2D eigenvalue weighted by Crippen LogP contribution is -2.21. The van der Waals surface area contributed by atoms with Crippen molar-refractivity contribution in [3.8, 4) is 6.07 Å². The van der Waals surface area contributed by atoms with Crippen LogP contribution < -0.4 is 5.32 Å². The number of nitrogens with zero attached hydrogens (tertiary/aromatic N) is 1. The minimum Gasteiger partial charge on any atom is -0.325 e. The number of nitrogens with one attached hydrogen (secondary N) is 1. The smallest absolute Gasteiger partial charge is 0.325 e. The number of carbonyl (C=O) groups excluding carboxylic acids is 1. The first-order chi connectivity index (χ1) is 8.79. The lowest BCUT2D eigenvalue weighted by atomic mass is 10.1. The average molecular weight is 270 g/mol. The van der Waals surface area contributed by atoms with Crippen LogP contribution in [0.5, 0.6) is 0 Å². The van der Waals surface area contributed by atoms with Crippen molar-refractivity contribution in [3.05, 3.63) is 29.3 Å². The number of nitriles is 1. The lowest BCUT2D eigenvalue weighted by molar-refractivity contribution is -0.138. The van der Waals surface area contributed by atoms with Gasteiger partial charge in [-0.05, 0) is 31.0 Å². The molecule has 1 atom stereocenters. The minimum absolute atomic E-state index is 0.0385. The molecule has 0 saturated heterocycles. The Morgan fingerprint density at radius 3 is 2.58 bits per heavy atom. The lowest BCUT2D eigenvalue weighted by Gasteiger charge is -2.13. The zero-order valence-electron chi connectivity index (χ0n) is 10.5. The Labute approximate surface area is 109 Å². The second-order valence-corrected chi connectivity index (χ2v) is 4.11. The predicted molar refractivity (Wildman–Crippen MR) is 64.2 cm³/mol. The van der Waals surface area contributed by atoms with E-state index in [1.54, 1.807) is 13.0 Å². The fraction of sp³-hybridized carbons (Fsp3) is 0.385. The molecule has 0 aromatic heterocycles. The van der Waals surface area contributed by atoms with E-state index in [-0.39, 0.29) is 11.3 Å². The topological polar surface area (TPSA) is 52.9 Å². The number of alkyl halides is 3. The summed E-state index contributed by atoms with van der Waals surface area (Å²) in [6.07, 6.45) is -4.16. The first-order valence-corrected chi connectivity index (χ1v) is 5.68. The van der Waals surface area contributed by atoms with Crippen molar-refractivity contribution in [2.24, 2.45) is 5.92 Å². The number of carbonyl (C=O) groups is 1. The van der Waals surface area contributed by atoms with Gasteiger partial charge in [0.25, 0.3) is 0 Å². The van der Waals surface area contributed by atoms with Crippen LogP contribution in [0.15, 0.2) is 18.2 Å². The van der Waals surface area contributed by atoms with Gasteiger partial charge >= 0.3 is 6.18 Å². The number of anilines is 1. The summed E-state index contributed by atoms with van der Waals surface area (Å²) in [5, 5.41) is 11.0. The molecule has 1 rings (SSSR count). The Hall–Kier alpha value is -2.03. The summed E-state index contributed by atoms with van der Waals surface area (Å²) in [5.74, 6) is -1.46. The normalized spacial score (nSPS) is 12.6. The van der Waals surface area contributed by atoms with Crippen molar-refractivity contribution in [1.29, 1.82) is 5.26 Å². The summed E-state index contributed by atoms with van der Waals surface area (Å²) < 4.78 is 38.1. The number of rotatable bonds is 3. The first-order valence-electron chi connectivity index (χ1n) is 5.68. The van der Waals surface area contributed by atoms with E-state index in [0.717, 1.165) is 6.07 Å². The van der Waals surface area contributed by atoms with Crippen LogP contribution >= 0.6 is 0 Å². The van der Waals surface area contributed by atoms with Gasteiger partial charge in [0.15, 0.2) is 0 Å². The Morgan fingerprint density at radius 1 is 1.47 bits per heavy atom. The highest BCUT2D eigenvalue weighted by Crippen LogP contribution is 2.33. The maximum atomic E-state index is 12.7. The van der Waals surface area contributed by atoms with E-state index < -0.39 is 23.6 Å². The van der Waals surface area contributed by atoms with Gasteiger partial charge in [0.05, 0.1) is 11.6 Å². The molecule has 6 heteroatoms. The molecule has 0 bridgehead atoms. The molecule has 19 heavy (non-hydrogen) atoms. The Morgan fingerprint density at radius 2 is 2.11 bits per heavy atom. The van der Waals surface area contributed by atoms with E-state index in [9.17, 15) is 18.0 Å². The Bertz CT molecular complexity index is 518. The number of hydrogen-bond donors (Lipinski definition) is 1. The zero-order chi connectivity index (χ0) is 14.6. The van der Waals surface area contributed by atoms with Crippen LogP contribution in [-0.4, -0.2) is 5.91 Å². The molecule has 0 saturated carbocycles. The van der Waals surface area contributed by atoms with Gasteiger partial charge < -0.3 is 5.32 Å².